The topological polar surface area (TPSA) is 66.9 Å². The SMILES string of the molecule is CN1CCN(C(=O)c2cc3ccc4occc4c3oc2=O)CC1. The van der Waals surface area contributed by atoms with Crippen LogP contribution in [0.2, 0.25) is 0 Å². The van der Waals surface area contributed by atoms with Crippen LogP contribution in [-0.4, -0.2) is 48.9 Å². The molecule has 0 N–H and O–H groups in total. The molecule has 6 nitrogen and oxygen atoms in total. The molecule has 0 spiro atoms. The molecular formula is C17H16N2O4. The lowest BCUT2D eigenvalue weighted by molar-refractivity contribution is 0.0660. The molecule has 1 aliphatic heterocycles. The van der Waals surface area contributed by atoms with Gasteiger partial charge in [0.25, 0.3) is 5.91 Å². The predicted molar refractivity (Wildman–Crippen MR) is 85.7 cm³/mol. The van der Waals surface area contributed by atoms with Gasteiger partial charge >= 0.3 is 5.63 Å². The van der Waals surface area contributed by atoms with Crippen molar-refractivity contribution in [3.8, 4) is 0 Å². The zero-order valence-corrected chi connectivity index (χ0v) is 12.7. The van der Waals surface area contributed by atoms with Gasteiger partial charge in [-0.3, -0.25) is 4.79 Å². The van der Waals surface area contributed by atoms with Gasteiger partial charge in [0, 0.05) is 31.6 Å². The summed E-state index contributed by atoms with van der Waals surface area (Å²) in [6, 6.07) is 6.98. The van der Waals surface area contributed by atoms with Gasteiger partial charge in [0.1, 0.15) is 16.7 Å². The van der Waals surface area contributed by atoms with Crippen molar-refractivity contribution in [2.45, 2.75) is 0 Å². The number of rotatable bonds is 1. The van der Waals surface area contributed by atoms with Crippen molar-refractivity contribution in [1.82, 2.24) is 9.80 Å². The Morgan fingerprint density at radius 3 is 2.70 bits per heavy atom. The molecule has 0 radical (unpaired) electrons. The summed E-state index contributed by atoms with van der Waals surface area (Å²) in [4.78, 5) is 28.8. The maximum Gasteiger partial charge on any atom is 0.349 e. The molecule has 0 unspecified atom stereocenters. The third-order valence-electron chi connectivity index (χ3n) is 4.35. The summed E-state index contributed by atoms with van der Waals surface area (Å²) in [5.74, 6) is -0.263. The van der Waals surface area contributed by atoms with E-state index in [9.17, 15) is 9.59 Å². The molecule has 1 aromatic carbocycles. The minimum Gasteiger partial charge on any atom is -0.464 e. The molecular weight excluding hydrogens is 296 g/mol. The molecule has 0 bridgehead atoms. The Morgan fingerprint density at radius 1 is 1.13 bits per heavy atom. The van der Waals surface area contributed by atoms with Gasteiger partial charge in [-0.2, -0.15) is 0 Å². The van der Waals surface area contributed by atoms with E-state index < -0.39 is 5.63 Å². The van der Waals surface area contributed by atoms with Crippen LogP contribution >= 0.6 is 0 Å². The first-order valence-electron chi connectivity index (χ1n) is 7.55. The predicted octanol–water partition coefficient (Wildman–Crippen LogP) is 1.93. The number of carbonyl (C=O) groups is 1. The molecule has 118 valence electrons. The first-order valence-corrected chi connectivity index (χ1v) is 7.55. The van der Waals surface area contributed by atoms with Crippen LogP contribution in [-0.2, 0) is 0 Å². The second-order valence-electron chi connectivity index (χ2n) is 5.86. The van der Waals surface area contributed by atoms with Crippen LogP contribution < -0.4 is 5.63 Å². The van der Waals surface area contributed by atoms with Gasteiger partial charge in [0.05, 0.1) is 11.6 Å². The Kier molecular flexibility index (Phi) is 3.20. The Labute approximate surface area is 131 Å². The van der Waals surface area contributed by atoms with Crippen LogP contribution in [0.15, 0.2) is 44.2 Å². The maximum atomic E-state index is 12.6. The Bertz CT molecular complexity index is 948. The summed E-state index contributed by atoms with van der Waals surface area (Å²) in [6.07, 6.45) is 1.55. The Hall–Kier alpha value is -2.60. The lowest BCUT2D eigenvalue weighted by atomic mass is 10.1. The van der Waals surface area contributed by atoms with E-state index in [4.69, 9.17) is 8.83 Å². The van der Waals surface area contributed by atoms with Crippen molar-refractivity contribution in [3.63, 3.8) is 0 Å². The zero-order valence-electron chi connectivity index (χ0n) is 12.7. The van der Waals surface area contributed by atoms with Crippen molar-refractivity contribution >= 4 is 27.8 Å². The molecule has 0 aliphatic carbocycles. The first kappa shape index (κ1) is 14.0. The summed E-state index contributed by atoms with van der Waals surface area (Å²) >= 11 is 0. The zero-order chi connectivity index (χ0) is 16.0. The second-order valence-corrected chi connectivity index (χ2v) is 5.86. The maximum absolute atomic E-state index is 12.6. The molecule has 3 heterocycles. The molecule has 1 amide bonds. The standard InChI is InChI=1S/C17H16N2O4/c1-18-5-7-19(8-6-18)16(20)13-10-11-2-3-14-12(4-9-22-14)15(11)23-17(13)21/h2-4,9-10H,5-8H2,1H3. The summed E-state index contributed by atoms with van der Waals surface area (Å²) < 4.78 is 10.7. The quantitative estimate of drug-likeness (QED) is 0.642. The van der Waals surface area contributed by atoms with Gasteiger partial charge in [-0.15, -0.1) is 0 Å². The van der Waals surface area contributed by atoms with Crippen LogP contribution in [0.25, 0.3) is 21.9 Å². The first-order chi connectivity index (χ1) is 11.1. The molecule has 23 heavy (non-hydrogen) atoms. The number of likely N-dealkylation sites (N-methyl/N-ethyl adjacent to an activating group) is 1. The summed E-state index contributed by atoms with van der Waals surface area (Å²) in [5.41, 5.74) is 0.593. The molecule has 1 saturated heterocycles. The van der Waals surface area contributed by atoms with E-state index in [0.29, 0.717) is 24.3 Å². The van der Waals surface area contributed by atoms with Gasteiger partial charge < -0.3 is 18.6 Å². The number of fused-ring (bicyclic) bond motifs is 3. The fraction of sp³-hybridized carbons (Fsp3) is 0.294. The van der Waals surface area contributed by atoms with Crippen LogP contribution in [0.5, 0.6) is 0 Å². The van der Waals surface area contributed by atoms with E-state index >= 15 is 0 Å². The summed E-state index contributed by atoms with van der Waals surface area (Å²) in [6.45, 7) is 2.85. The lowest BCUT2D eigenvalue weighted by Gasteiger charge is -2.32. The number of furan rings is 1. The minimum absolute atomic E-state index is 0.0879. The van der Waals surface area contributed by atoms with Crippen molar-refractivity contribution in [3.05, 3.63) is 46.5 Å². The third-order valence-corrected chi connectivity index (χ3v) is 4.35. The number of piperazine rings is 1. The third kappa shape index (κ3) is 2.31. The van der Waals surface area contributed by atoms with E-state index in [0.717, 1.165) is 23.9 Å². The van der Waals surface area contributed by atoms with E-state index in [-0.39, 0.29) is 11.5 Å². The van der Waals surface area contributed by atoms with Crippen molar-refractivity contribution in [2.75, 3.05) is 33.2 Å². The average Bonchev–Trinajstić information content (AvgIpc) is 3.03. The second kappa shape index (κ2) is 5.24. The molecule has 0 saturated carbocycles. The van der Waals surface area contributed by atoms with Gasteiger partial charge in [-0.1, -0.05) is 0 Å². The molecule has 4 rings (SSSR count). The van der Waals surface area contributed by atoms with Crippen LogP contribution in [0.4, 0.5) is 0 Å². The number of hydrogen-bond donors (Lipinski definition) is 0. The number of carbonyl (C=O) groups excluding carboxylic acids is 1. The highest BCUT2D eigenvalue weighted by molar-refractivity contribution is 6.04. The van der Waals surface area contributed by atoms with Gasteiger partial charge in [0.15, 0.2) is 0 Å². The van der Waals surface area contributed by atoms with Crippen molar-refractivity contribution in [2.24, 2.45) is 0 Å². The number of amides is 1. The largest absolute Gasteiger partial charge is 0.464 e. The molecule has 0 atom stereocenters. The normalized spacial score (nSPS) is 16.3. The number of benzene rings is 1. The number of nitrogens with zero attached hydrogens (tertiary/aromatic N) is 2. The van der Waals surface area contributed by atoms with Gasteiger partial charge in [0.2, 0.25) is 0 Å². The molecule has 2 aromatic heterocycles. The van der Waals surface area contributed by atoms with Gasteiger partial charge in [-0.25, -0.2) is 4.79 Å². The molecule has 1 aliphatic rings. The highest BCUT2D eigenvalue weighted by Crippen LogP contribution is 2.25. The number of hydrogen-bond acceptors (Lipinski definition) is 5. The smallest absolute Gasteiger partial charge is 0.349 e. The molecule has 1 fully saturated rings. The summed E-state index contributed by atoms with van der Waals surface area (Å²) in [7, 11) is 2.02. The highest BCUT2D eigenvalue weighted by atomic mass is 16.4. The van der Waals surface area contributed by atoms with Gasteiger partial charge in [-0.05, 0) is 31.3 Å². The van der Waals surface area contributed by atoms with Crippen LogP contribution in [0, 0.1) is 0 Å². The van der Waals surface area contributed by atoms with Crippen LogP contribution in [0.1, 0.15) is 10.4 Å². The van der Waals surface area contributed by atoms with Crippen molar-refractivity contribution in [1.29, 1.82) is 0 Å². The highest BCUT2D eigenvalue weighted by Gasteiger charge is 2.24. The average molecular weight is 312 g/mol. The fourth-order valence-corrected chi connectivity index (χ4v) is 2.95. The summed E-state index contributed by atoms with van der Waals surface area (Å²) in [5, 5.41) is 1.45. The van der Waals surface area contributed by atoms with Crippen molar-refractivity contribution < 1.29 is 13.6 Å². The van der Waals surface area contributed by atoms with Crippen LogP contribution in [0.3, 0.4) is 0 Å². The van der Waals surface area contributed by atoms with E-state index in [2.05, 4.69) is 4.90 Å². The molecule has 6 heteroatoms. The minimum atomic E-state index is -0.602. The van der Waals surface area contributed by atoms with E-state index in [1.165, 1.54) is 0 Å². The fourth-order valence-electron chi connectivity index (χ4n) is 2.95. The van der Waals surface area contributed by atoms with E-state index in [1.54, 1.807) is 29.4 Å². The monoisotopic (exact) mass is 312 g/mol. The lowest BCUT2D eigenvalue weighted by Crippen LogP contribution is -2.48. The Balaban J connectivity index is 1.78. The molecule has 3 aromatic rings. The Morgan fingerprint density at radius 2 is 1.91 bits per heavy atom. The van der Waals surface area contributed by atoms with E-state index in [1.807, 2.05) is 13.1 Å².